The van der Waals surface area contributed by atoms with Gasteiger partial charge in [0, 0.05) is 6.04 Å². The van der Waals surface area contributed by atoms with E-state index in [0.29, 0.717) is 6.04 Å². The van der Waals surface area contributed by atoms with Crippen molar-refractivity contribution in [1.82, 2.24) is 0 Å². The predicted molar refractivity (Wildman–Crippen MR) is 172 cm³/mol. The maximum Gasteiger partial charge on any atom is 0.00388 e. The van der Waals surface area contributed by atoms with Gasteiger partial charge in [0.1, 0.15) is 0 Å². The lowest BCUT2D eigenvalue weighted by Crippen LogP contribution is -2.19. The van der Waals surface area contributed by atoms with Gasteiger partial charge in [-0.3, -0.25) is 0 Å². The van der Waals surface area contributed by atoms with Gasteiger partial charge in [0.05, 0.1) is 0 Å². The molecule has 0 aromatic carbocycles. The molecular weight excluding hydrogens is 446 g/mol. The van der Waals surface area contributed by atoms with E-state index in [1.807, 2.05) is 0 Å². The first-order chi connectivity index (χ1) is 18.3. The summed E-state index contributed by atoms with van der Waals surface area (Å²) in [5.41, 5.74) is 6.39. The van der Waals surface area contributed by atoms with E-state index in [-0.39, 0.29) is 0 Å². The van der Waals surface area contributed by atoms with Crippen LogP contribution in [0.5, 0.6) is 0 Å². The van der Waals surface area contributed by atoms with E-state index in [0.717, 1.165) is 0 Å². The van der Waals surface area contributed by atoms with Crippen LogP contribution in [-0.2, 0) is 0 Å². The van der Waals surface area contributed by atoms with Gasteiger partial charge >= 0.3 is 0 Å². The van der Waals surface area contributed by atoms with E-state index in [1.165, 1.54) is 212 Å². The van der Waals surface area contributed by atoms with Gasteiger partial charge < -0.3 is 5.73 Å². The van der Waals surface area contributed by atoms with Crippen molar-refractivity contribution in [3.05, 3.63) is 0 Å². The molecule has 37 heavy (non-hydrogen) atoms. The van der Waals surface area contributed by atoms with Crippen molar-refractivity contribution in [1.29, 1.82) is 0 Å². The van der Waals surface area contributed by atoms with Crippen molar-refractivity contribution in [2.75, 3.05) is 0 Å². The molecule has 1 unspecified atom stereocenters. The molecule has 0 heterocycles. The minimum absolute atomic E-state index is 0.466. The molecule has 0 aliphatic heterocycles. The minimum atomic E-state index is 0.466. The predicted octanol–water partition coefficient (Wildman–Crippen LogP) is 13.2. The van der Waals surface area contributed by atoms with Crippen LogP contribution in [0.4, 0.5) is 0 Å². The summed E-state index contributed by atoms with van der Waals surface area (Å²) in [5, 5.41) is 0. The first-order valence-corrected chi connectivity index (χ1v) is 18.1. The Kier molecular flexibility index (Phi) is 34.0. The van der Waals surface area contributed by atoms with Crippen molar-refractivity contribution in [3.8, 4) is 0 Å². The summed E-state index contributed by atoms with van der Waals surface area (Å²) in [6, 6.07) is 0.466. The largest absolute Gasteiger partial charge is 0.328 e. The lowest BCUT2D eigenvalue weighted by molar-refractivity contribution is 0.477. The molecule has 0 spiro atoms. The van der Waals surface area contributed by atoms with Gasteiger partial charge in [0.25, 0.3) is 0 Å². The quantitative estimate of drug-likeness (QED) is 0.0853. The van der Waals surface area contributed by atoms with Crippen molar-refractivity contribution in [3.63, 3.8) is 0 Å². The Bertz CT molecular complexity index is 379. The van der Waals surface area contributed by atoms with Crippen LogP contribution in [0, 0.1) is 0 Å². The minimum Gasteiger partial charge on any atom is -0.328 e. The molecule has 0 fully saturated rings. The maximum atomic E-state index is 6.39. The summed E-state index contributed by atoms with van der Waals surface area (Å²) >= 11 is 0. The maximum absolute atomic E-state index is 6.39. The molecule has 0 aromatic heterocycles. The highest BCUT2D eigenvalue weighted by Gasteiger charge is 2.03. The third-order valence-electron chi connectivity index (χ3n) is 8.61. The van der Waals surface area contributed by atoms with Gasteiger partial charge in [-0.25, -0.2) is 0 Å². The topological polar surface area (TPSA) is 26.0 Å². The van der Waals surface area contributed by atoms with E-state index >= 15 is 0 Å². The van der Waals surface area contributed by atoms with Crippen LogP contribution in [0.25, 0.3) is 0 Å². The molecule has 0 aliphatic rings. The Balaban J connectivity index is 3.13. The normalized spacial score (nSPS) is 12.4. The third kappa shape index (κ3) is 33.9. The highest BCUT2D eigenvalue weighted by Crippen LogP contribution is 2.16. The van der Waals surface area contributed by atoms with E-state index in [1.54, 1.807) is 0 Å². The summed E-state index contributed by atoms with van der Waals surface area (Å²) in [5.74, 6) is 0. The Hall–Kier alpha value is -0.0400. The molecule has 1 nitrogen and oxygen atoms in total. The molecule has 0 saturated carbocycles. The zero-order chi connectivity index (χ0) is 26.9. The molecule has 0 radical (unpaired) electrons. The van der Waals surface area contributed by atoms with Crippen LogP contribution in [0.2, 0.25) is 0 Å². The number of rotatable bonds is 33. The first-order valence-electron chi connectivity index (χ1n) is 18.1. The van der Waals surface area contributed by atoms with Gasteiger partial charge in [-0.1, -0.05) is 213 Å². The molecule has 0 aromatic rings. The van der Waals surface area contributed by atoms with Crippen molar-refractivity contribution in [2.24, 2.45) is 5.73 Å². The first kappa shape index (κ1) is 37.0. The highest BCUT2D eigenvalue weighted by molar-refractivity contribution is 4.62. The summed E-state index contributed by atoms with van der Waals surface area (Å²) in [4.78, 5) is 0. The van der Waals surface area contributed by atoms with E-state index in [9.17, 15) is 0 Å². The fourth-order valence-electron chi connectivity index (χ4n) is 5.88. The van der Waals surface area contributed by atoms with Gasteiger partial charge in [-0.2, -0.15) is 0 Å². The molecule has 0 bridgehead atoms. The second-order valence-corrected chi connectivity index (χ2v) is 12.6. The number of unbranched alkanes of at least 4 members (excludes halogenated alkanes) is 29. The standard InChI is InChI=1S/C36H75N/c1-3-5-7-9-11-13-15-17-19-21-23-25-27-29-31-33-35-36(37)34-32-30-28-26-24-22-20-18-16-14-12-10-8-6-4-2/h36H,3-35,37H2,1-2H3. The molecule has 1 heteroatoms. The second-order valence-electron chi connectivity index (χ2n) is 12.6. The fraction of sp³-hybridized carbons (Fsp3) is 1.00. The van der Waals surface area contributed by atoms with Gasteiger partial charge in [0.15, 0.2) is 0 Å². The fourth-order valence-corrected chi connectivity index (χ4v) is 5.88. The Morgan fingerprint density at radius 2 is 0.432 bits per heavy atom. The number of hydrogen-bond donors (Lipinski definition) is 1. The third-order valence-corrected chi connectivity index (χ3v) is 8.61. The highest BCUT2D eigenvalue weighted by atomic mass is 14.6. The van der Waals surface area contributed by atoms with E-state index in [4.69, 9.17) is 5.73 Å². The summed E-state index contributed by atoms with van der Waals surface area (Å²) < 4.78 is 0. The zero-order valence-corrected chi connectivity index (χ0v) is 26.5. The molecule has 0 saturated heterocycles. The summed E-state index contributed by atoms with van der Waals surface area (Å²) in [6.45, 7) is 4.61. The Morgan fingerprint density at radius 1 is 0.270 bits per heavy atom. The smallest absolute Gasteiger partial charge is 0.00388 e. The lowest BCUT2D eigenvalue weighted by Gasteiger charge is -2.11. The van der Waals surface area contributed by atoms with Crippen LogP contribution in [0.3, 0.4) is 0 Å². The van der Waals surface area contributed by atoms with E-state index in [2.05, 4.69) is 13.8 Å². The molecule has 0 aliphatic carbocycles. The van der Waals surface area contributed by atoms with Crippen LogP contribution in [0.1, 0.15) is 226 Å². The van der Waals surface area contributed by atoms with Crippen LogP contribution in [0.15, 0.2) is 0 Å². The van der Waals surface area contributed by atoms with Crippen molar-refractivity contribution < 1.29 is 0 Å². The van der Waals surface area contributed by atoms with Gasteiger partial charge in [-0.05, 0) is 12.8 Å². The monoisotopic (exact) mass is 522 g/mol. The molecule has 0 rings (SSSR count). The molecule has 0 amide bonds. The summed E-state index contributed by atoms with van der Waals surface area (Å²) in [6.07, 6.45) is 47.4. The average Bonchev–Trinajstić information content (AvgIpc) is 2.90. The van der Waals surface area contributed by atoms with E-state index < -0.39 is 0 Å². The van der Waals surface area contributed by atoms with Gasteiger partial charge in [-0.15, -0.1) is 0 Å². The SMILES string of the molecule is CCCCCCCCCCCCCCCCCCC(N)CCCCCCCCCCCCCCCCC. The molecule has 1 atom stereocenters. The second kappa shape index (κ2) is 34.0. The molecular formula is C36H75N. The summed E-state index contributed by atoms with van der Waals surface area (Å²) in [7, 11) is 0. The van der Waals surface area contributed by atoms with Gasteiger partial charge in [0.2, 0.25) is 0 Å². The average molecular weight is 522 g/mol. The zero-order valence-electron chi connectivity index (χ0n) is 26.5. The molecule has 224 valence electrons. The van der Waals surface area contributed by atoms with Crippen LogP contribution in [-0.4, -0.2) is 6.04 Å². The molecule has 2 N–H and O–H groups in total. The lowest BCUT2D eigenvalue weighted by atomic mass is 10.00. The van der Waals surface area contributed by atoms with Crippen LogP contribution < -0.4 is 5.73 Å². The Labute approximate surface area is 237 Å². The number of hydrogen-bond acceptors (Lipinski definition) is 1. The van der Waals surface area contributed by atoms with Crippen LogP contribution >= 0.6 is 0 Å². The Morgan fingerprint density at radius 3 is 0.622 bits per heavy atom. The van der Waals surface area contributed by atoms with Crippen molar-refractivity contribution >= 4 is 0 Å². The van der Waals surface area contributed by atoms with Crippen molar-refractivity contribution in [2.45, 2.75) is 232 Å². The number of nitrogens with two attached hydrogens (primary N) is 1.